The van der Waals surface area contributed by atoms with Gasteiger partial charge in [-0.25, -0.2) is 15.0 Å². The number of nitrogens with zero attached hydrogens (tertiary/aromatic N) is 4. The highest BCUT2D eigenvalue weighted by Gasteiger charge is 2.58. The van der Waals surface area contributed by atoms with Crippen LogP contribution in [0.3, 0.4) is 0 Å². The minimum atomic E-state index is -5.29. The zero-order chi connectivity index (χ0) is 67.2. The molecule has 496 valence electrons. The fraction of sp³-hybridized carbons (Fsp3) is 0.354. The third-order valence-corrected chi connectivity index (χ3v) is 19.5. The Morgan fingerprint density at radius 3 is 1.49 bits per heavy atom. The van der Waals surface area contributed by atoms with Crippen LogP contribution in [-0.2, 0) is 122 Å². The molecule has 29 heteroatoms. The molecule has 0 saturated carbocycles. The van der Waals surface area contributed by atoms with Gasteiger partial charge in [-0.05, 0) is 27.8 Å². The van der Waals surface area contributed by atoms with Crippen molar-refractivity contribution in [2.45, 2.75) is 129 Å². The Morgan fingerprint density at radius 1 is 0.521 bits per heavy atom. The van der Waals surface area contributed by atoms with Crippen molar-refractivity contribution < 1.29 is 103 Å². The van der Waals surface area contributed by atoms with Gasteiger partial charge in [0, 0.05) is 48.5 Å². The first-order valence-electron chi connectivity index (χ1n) is 29.5. The van der Waals surface area contributed by atoms with Crippen LogP contribution in [0.25, 0.3) is 11.2 Å². The van der Waals surface area contributed by atoms with Crippen LogP contribution in [-0.4, -0.2) is 136 Å². The normalized spacial score (nSPS) is 21.8. The number of benzene rings is 5. The van der Waals surface area contributed by atoms with Crippen LogP contribution in [0.5, 0.6) is 0 Å². The Hall–Kier alpha value is -9.04. The quantitative estimate of drug-likeness (QED) is 0.0207. The van der Waals surface area contributed by atoms with Gasteiger partial charge < -0.3 is 61.5 Å². The van der Waals surface area contributed by atoms with Gasteiger partial charge in [-0.1, -0.05) is 152 Å². The van der Waals surface area contributed by atoms with E-state index in [1.165, 1.54) is 17.2 Å². The van der Waals surface area contributed by atoms with E-state index in [2.05, 4.69) is 10.3 Å². The molecule has 0 radical (unpaired) electrons. The maximum absolute atomic E-state index is 16.1. The van der Waals surface area contributed by atoms with Crippen molar-refractivity contribution in [3.05, 3.63) is 192 Å². The van der Waals surface area contributed by atoms with Crippen LogP contribution >= 0.6 is 15.2 Å². The third-order valence-electron chi connectivity index (χ3n) is 14.6. The minimum Gasteiger partial charge on any atom is -0.462 e. The lowest BCUT2D eigenvalue weighted by atomic mass is 9.77. The van der Waals surface area contributed by atoms with E-state index in [1.807, 2.05) is 91.0 Å². The second-order valence-electron chi connectivity index (χ2n) is 21.7. The van der Waals surface area contributed by atoms with Crippen molar-refractivity contribution in [3.8, 4) is 0 Å². The largest absolute Gasteiger partial charge is 0.462 e. The summed E-state index contributed by atoms with van der Waals surface area (Å²) in [6, 6.07) is 45.7. The zero-order valence-corrected chi connectivity index (χ0v) is 53.9. The summed E-state index contributed by atoms with van der Waals surface area (Å²) in [6.07, 6.45) is -15.0. The molecule has 0 aliphatic carbocycles. The molecular weight excluding hydrogens is 1260 g/mol. The van der Waals surface area contributed by atoms with Gasteiger partial charge in [0.05, 0.1) is 26.1 Å². The van der Waals surface area contributed by atoms with E-state index in [0.29, 0.717) is 11.1 Å². The summed E-state index contributed by atoms with van der Waals surface area (Å²) in [7, 11) is -10.4. The molecule has 2 aromatic heterocycles. The van der Waals surface area contributed by atoms with E-state index in [1.54, 1.807) is 60.7 Å². The van der Waals surface area contributed by atoms with Crippen molar-refractivity contribution >= 4 is 74.0 Å². The highest BCUT2D eigenvalue weighted by Crippen LogP contribution is 2.66. The Balaban J connectivity index is 1.11. The SMILES string of the molecule is CC(=O)OC[C@@H](OC(C)=O)[C@H]1OC(OP(=O)(CP(=O)(OCc2ccccc2)OC[C@H]2O[C@@H](n3cnc4c(NC(c5ccccc5)(c5ccccc5)c5ccccc5)ncnc43)[C@H](OC(C)=O)[C@@H]2OC(C)=O)OCc2ccccc2)[C@@H](OC(C)=O)[C@@H](OC(C)=O)[C@@H]1OC(C)=O. The highest BCUT2D eigenvalue weighted by molar-refractivity contribution is 7.71. The molecule has 1 N–H and O–H groups in total. The van der Waals surface area contributed by atoms with E-state index < -0.39 is 156 Å². The molecule has 7 aromatic rings. The summed E-state index contributed by atoms with van der Waals surface area (Å²) in [5.41, 5.74) is 2.67. The first kappa shape index (κ1) is 69.3. The first-order chi connectivity index (χ1) is 45.0. The predicted molar refractivity (Wildman–Crippen MR) is 330 cm³/mol. The second-order valence-corrected chi connectivity index (χ2v) is 26.2. The monoisotopic (exact) mass is 1330 g/mol. The Labute approximate surface area is 539 Å². The molecule has 2 aliphatic heterocycles. The molecule has 27 nitrogen and oxygen atoms in total. The number of aromatic nitrogens is 4. The van der Waals surface area contributed by atoms with Crippen molar-refractivity contribution in [2.75, 3.05) is 24.4 Å². The molecule has 2 fully saturated rings. The molecule has 2 aliphatic rings. The van der Waals surface area contributed by atoms with Gasteiger partial charge in [-0.15, -0.1) is 0 Å². The van der Waals surface area contributed by atoms with Crippen LogP contribution in [0, 0.1) is 0 Å². The number of anilines is 1. The number of rotatable bonds is 28. The van der Waals surface area contributed by atoms with Gasteiger partial charge in [0.25, 0.3) is 0 Å². The summed E-state index contributed by atoms with van der Waals surface area (Å²) in [5.74, 6) is -7.69. The molecule has 0 spiro atoms. The Bertz CT molecular complexity index is 3780. The third kappa shape index (κ3) is 17.4. The van der Waals surface area contributed by atoms with Crippen molar-refractivity contribution in [1.29, 1.82) is 0 Å². The van der Waals surface area contributed by atoms with Crippen LogP contribution in [0.15, 0.2) is 164 Å². The molecule has 5 aromatic carbocycles. The molecule has 4 heterocycles. The number of esters is 7. The number of carbonyl (C=O) groups is 7. The van der Waals surface area contributed by atoms with Crippen LogP contribution < -0.4 is 5.32 Å². The average molecular weight is 1330 g/mol. The maximum atomic E-state index is 16.1. The summed E-state index contributed by atoms with van der Waals surface area (Å²) in [5, 5.41) is 3.72. The number of ether oxygens (including phenoxy) is 9. The average Bonchev–Trinajstić information content (AvgIpc) is 1.23. The van der Waals surface area contributed by atoms with Crippen LogP contribution in [0.2, 0.25) is 0 Å². The smallest absolute Gasteiger partial charge is 0.345 e. The van der Waals surface area contributed by atoms with E-state index >= 15 is 9.13 Å². The maximum Gasteiger partial charge on any atom is 0.345 e. The molecule has 0 bridgehead atoms. The van der Waals surface area contributed by atoms with Gasteiger partial charge in [0.15, 0.2) is 65.7 Å². The predicted octanol–water partition coefficient (Wildman–Crippen LogP) is 8.82. The number of imidazole rings is 1. The Kier molecular flexibility index (Phi) is 23.0. The summed E-state index contributed by atoms with van der Waals surface area (Å²) in [4.78, 5) is 104. The first-order valence-corrected chi connectivity index (χ1v) is 33.0. The lowest BCUT2D eigenvalue weighted by molar-refractivity contribution is -0.300. The molecule has 12 atom stereocenters. The van der Waals surface area contributed by atoms with E-state index in [9.17, 15) is 33.6 Å². The van der Waals surface area contributed by atoms with Gasteiger partial charge in [-0.3, -0.25) is 51.8 Å². The lowest BCUT2D eigenvalue weighted by Crippen LogP contribution is -2.65. The second kappa shape index (κ2) is 31.3. The fourth-order valence-corrected chi connectivity index (χ4v) is 15.5. The van der Waals surface area contributed by atoms with Gasteiger partial charge in [-0.2, -0.15) is 0 Å². The summed E-state index contributed by atoms with van der Waals surface area (Å²) >= 11 is 0. The molecule has 3 unspecified atom stereocenters. The topological polar surface area (TPSA) is 329 Å². The molecule has 2 saturated heterocycles. The molecule has 9 rings (SSSR count). The number of carbonyl (C=O) groups excluding carboxylic acids is 7. The zero-order valence-electron chi connectivity index (χ0n) is 52.1. The van der Waals surface area contributed by atoms with E-state index in [0.717, 1.165) is 65.2 Å². The molecule has 94 heavy (non-hydrogen) atoms. The minimum absolute atomic E-state index is 0.149. The highest BCUT2D eigenvalue weighted by atomic mass is 31.2. The van der Waals surface area contributed by atoms with Crippen LogP contribution in [0.1, 0.15) is 82.5 Å². The van der Waals surface area contributed by atoms with Gasteiger partial charge >= 0.3 is 57.0 Å². The van der Waals surface area contributed by atoms with Gasteiger partial charge in [0.2, 0.25) is 6.29 Å². The van der Waals surface area contributed by atoms with E-state index in [-0.39, 0.29) is 17.0 Å². The van der Waals surface area contributed by atoms with Gasteiger partial charge in [0.1, 0.15) is 30.7 Å². The Morgan fingerprint density at radius 2 is 0.989 bits per heavy atom. The standard InChI is InChI=1S/C65H69N5O22P2/c1-40(71)80-35-52(84-41(2)72)55-57(86-43(4)74)58(87-44(5)75)60(89-46(7)77)64(91-55)92-94(79,82-34-48-25-15-9-16-26-48)39-93(78,81-33-47-23-13-8-14-24-47)83-36-53-56(85-42(3)73)59(88-45(6)76)63(90-53)70-38-68-54-61(66-37-67-62(54)70)69-65(49-27-17-10-18-28-49,50-29-19-11-20-30-50)51-31-21-12-22-32-51/h8-32,37-38,52-53,55-60,63-64H,33-36,39H2,1-7H3,(H,66,67,69)/t52-,53-,55-,56-,57-,58+,59-,60+,63-,64?,93?,94?/m1/s1. The molecular formula is C65H69N5O22P2. The number of fused-ring (bicyclic) bond motifs is 1. The number of nitrogens with one attached hydrogen (secondary N) is 1. The number of hydrogen-bond acceptors (Lipinski definition) is 26. The van der Waals surface area contributed by atoms with Crippen LogP contribution in [0.4, 0.5) is 5.82 Å². The van der Waals surface area contributed by atoms with Crippen molar-refractivity contribution in [2.24, 2.45) is 0 Å². The summed E-state index contributed by atoms with van der Waals surface area (Å²) < 4.78 is 111. The summed E-state index contributed by atoms with van der Waals surface area (Å²) in [6.45, 7) is 4.53. The van der Waals surface area contributed by atoms with E-state index in [4.69, 9.17) is 70.7 Å². The van der Waals surface area contributed by atoms with Crippen molar-refractivity contribution in [3.63, 3.8) is 0 Å². The van der Waals surface area contributed by atoms with Crippen molar-refractivity contribution in [1.82, 2.24) is 19.5 Å². The fourth-order valence-electron chi connectivity index (χ4n) is 10.9. The number of hydrogen-bond donors (Lipinski definition) is 1. The lowest BCUT2D eigenvalue weighted by Gasteiger charge is -2.46. The molecule has 0 amide bonds.